The van der Waals surface area contributed by atoms with Crippen LogP contribution < -0.4 is 14.8 Å². The number of halogens is 1. The summed E-state index contributed by atoms with van der Waals surface area (Å²) in [5.74, 6) is 1.06. The van der Waals surface area contributed by atoms with E-state index >= 15 is 0 Å². The van der Waals surface area contributed by atoms with Crippen molar-refractivity contribution in [1.82, 2.24) is 5.32 Å². The number of fused-ring (bicyclic) bond motifs is 1. The molecule has 2 aromatic carbocycles. The highest BCUT2D eigenvalue weighted by molar-refractivity contribution is 5.91. The zero-order chi connectivity index (χ0) is 16.9. The van der Waals surface area contributed by atoms with Gasteiger partial charge in [0.15, 0.2) is 11.5 Å². The lowest BCUT2D eigenvalue weighted by Gasteiger charge is -2.12. The Morgan fingerprint density at radius 2 is 1.96 bits per heavy atom. The molecule has 2 aromatic rings. The maximum atomic E-state index is 12.9. The zero-order valence-electron chi connectivity index (χ0n) is 13.3. The molecule has 3 rings (SSSR count). The molecule has 0 fully saturated rings. The number of amides is 1. The summed E-state index contributed by atoms with van der Waals surface area (Å²) in [5, 5.41) is 2.84. The van der Waals surface area contributed by atoms with Gasteiger partial charge in [-0.2, -0.15) is 0 Å². The second-order valence-electron chi connectivity index (χ2n) is 5.64. The first kappa shape index (κ1) is 16.1. The highest BCUT2D eigenvalue weighted by atomic mass is 19.1. The number of ether oxygens (including phenoxy) is 2. The van der Waals surface area contributed by atoms with Gasteiger partial charge in [-0.15, -0.1) is 0 Å². The Morgan fingerprint density at radius 1 is 1.21 bits per heavy atom. The fourth-order valence-electron chi connectivity index (χ4n) is 2.41. The van der Waals surface area contributed by atoms with Crippen LogP contribution in [-0.4, -0.2) is 19.2 Å². The van der Waals surface area contributed by atoms with Gasteiger partial charge < -0.3 is 14.8 Å². The molecule has 1 amide bonds. The van der Waals surface area contributed by atoms with E-state index in [4.69, 9.17) is 9.47 Å². The smallest absolute Gasteiger partial charge is 0.244 e. The molecule has 0 radical (unpaired) electrons. The first-order chi connectivity index (χ1) is 11.6. The summed E-state index contributed by atoms with van der Waals surface area (Å²) in [6.07, 6.45) is 3.20. The minimum Gasteiger partial charge on any atom is -0.454 e. The van der Waals surface area contributed by atoms with Gasteiger partial charge in [-0.05, 0) is 47.4 Å². The molecule has 1 aliphatic heterocycles. The van der Waals surface area contributed by atoms with Gasteiger partial charge in [-0.3, -0.25) is 4.79 Å². The molecule has 1 heterocycles. The summed E-state index contributed by atoms with van der Waals surface area (Å²) in [5.41, 5.74) is 1.84. The Kier molecular flexibility index (Phi) is 4.79. The van der Waals surface area contributed by atoms with Gasteiger partial charge in [0, 0.05) is 12.6 Å². The molecule has 0 saturated carbocycles. The fourth-order valence-corrected chi connectivity index (χ4v) is 2.41. The highest BCUT2D eigenvalue weighted by Gasteiger charge is 2.12. The number of hydrogen-bond donors (Lipinski definition) is 1. The van der Waals surface area contributed by atoms with Crippen molar-refractivity contribution in [2.45, 2.75) is 12.8 Å². The van der Waals surface area contributed by atoms with Crippen molar-refractivity contribution in [3.05, 3.63) is 65.5 Å². The SMILES string of the molecule is CC(CNC(=O)/C=C/c1ccc2c(c1)OCO2)c1ccc(F)cc1. The fraction of sp³-hybridized carbons (Fsp3) is 0.211. The van der Waals surface area contributed by atoms with Crippen molar-refractivity contribution in [1.29, 1.82) is 0 Å². The van der Waals surface area contributed by atoms with E-state index in [0.717, 1.165) is 11.1 Å². The molecule has 1 atom stereocenters. The van der Waals surface area contributed by atoms with Gasteiger partial charge in [0.1, 0.15) is 5.82 Å². The van der Waals surface area contributed by atoms with E-state index in [1.165, 1.54) is 18.2 Å². The maximum absolute atomic E-state index is 12.9. The molecule has 24 heavy (non-hydrogen) atoms. The molecule has 1 N–H and O–H groups in total. The number of carbonyl (C=O) groups excluding carboxylic acids is 1. The van der Waals surface area contributed by atoms with Crippen LogP contribution >= 0.6 is 0 Å². The van der Waals surface area contributed by atoms with Crippen molar-refractivity contribution in [3.63, 3.8) is 0 Å². The standard InChI is InChI=1S/C19H18FNO3/c1-13(15-4-6-16(20)7-5-15)11-21-19(22)9-3-14-2-8-17-18(10-14)24-12-23-17/h2-10,13H,11-12H2,1H3,(H,21,22)/b9-3+. The van der Waals surface area contributed by atoms with Crippen LogP contribution in [0.15, 0.2) is 48.5 Å². The first-order valence-corrected chi connectivity index (χ1v) is 7.73. The van der Waals surface area contributed by atoms with Crippen LogP contribution in [0.25, 0.3) is 6.08 Å². The minimum atomic E-state index is -0.262. The average molecular weight is 327 g/mol. The molecule has 0 aromatic heterocycles. The van der Waals surface area contributed by atoms with Gasteiger partial charge in [0.25, 0.3) is 0 Å². The number of benzene rings is 2. The van der Waals surface area contributed by atoms with Crippen molar-refractivity contribution in [2.75, 3.05) is 13.3 Å². The lowest BCUT2D eigenvalue weighted by molar-refractivity contribution is -0.116. The van der Waals surface area contributed by atoms with Gasteiger partial charge in [0.05, 0.1) is 0 Å². The normalized spacial score (nSPS) is 13.9. The predicted molar refractivity (Wildman–Crippen MR) is 89.4 cm³/mol. The van der Waals surface area contributed by atoms with E-state index in [1.54, 1.807) is 18.2 Å². The molecule has 1 unspecified atom stereocenters. The third kappa shape index (κ3) is 3.93. The lowest BCUT2D eigenvalue weighted by Crippen LogP contribution is -2.25. The Morgan fingerprint density at radius 3 is 2.75 bits per heavy atom. The van der Waals surface area contributed by atoms with Crippen LogP contribution in [0.4, 0.5) is 4.39 Å². The van der Waals surface area contributed by atoms with Crippen LogP contribution in [0.5, 0.6) is 11.5 Å². The second kappa shape index (κ2) is 7.17. The number of nitrogens with one attached hydrogen (secondary N) is 1. The molecule has 5 heteroatoms. The molecule has 0 saturated heterocycles. The Balaban J connectivity index is 1.52. The number of hydrogen-bond acceptors (Lipinski definition) is 3. The quantitative estimate of drug-likeness (QED) is 0.855. The Labute approximate surface area is 139 Å². The summed E-state index contributed by atoms with van der Waals surface area (Å²) in [6, 6.07) is 11.8. The van der Waals surface area contributed by atoms with E-state index in [1.807, 2.05) is 25.1 Å². The van der Waals surface area contributed by atoms with Crippen molar-refractivity contribution in [3.8, 4) is 11.5 Å². The van der Waals surface area contributed by atoms with E-state index < -0.39 is 0 Å². The lowest BCUT2D eigenvalue weighted by atomic mass is 10.0. The minimum absolute atomic E-state index is 0.105. The zero-order valence-corrected chi connectivity index (χ0v) is 13.3. The third-order valence-corrected chi connectivity index (χ3v) is 3.85. The molecule has 0 bridgehead atoms. The summed E-state index contributed by atoms with van der Waals surface area (Å²) >= 11 is 0. The summed E-state index contributed by atoms with van der Waals surface area (Å²) in [7, 11) is 0. The van der Waals surface area contributed by atoms with Crippen molar-refractivity contribution >= 4 is 12.0 Å². The van der Waals surface area contributed by atoms with Crippen molar-refractivity contribution in [2.24, 2.45) is 0 Å². The van der Waals surface area contributed by atoms with Crippen molar-refractivity contribution < 1.29 is 18.7 Å². The second-order valence-corrected chi connectivity index (χ2v) is 5.64. The molecular formula is C19H18FNO3. The first-order valence-electron chi connectivity index (χ1n) is 7.73. The molecule has 4 nitrogen and oxygen atoms in total. The molecule has 124 valence electrons. The van der Waals surface area contributed by atoms with Crippen LogP contribution in [0, 0.1) is 5.82 Å². The average Bonchev–Trinajstić information content (AvgIpc) is 3.06. The molecule has 0 aliphatic carbocycles. The molecule has 0 spiro atoms. The molecular weight excluding hydrogens is 309 g/mol. The largest absolute Gasteiger partial charge is 0.454 e. The summed E-state index contributed by atoms with van der Waals surface area (Å²) in [6.45, 7) is 2.69. The van der Waals surface area contributed by atoms with Gasteiger partial charge in [-0.25, -0.2) is 4.39 Å². The summed E-state index contributed by atoms with van der Waals surface area (Å²) < 4.78 is 23.5. The Hall–Kier alpha value is -2.82. The number of carbonyl (C=O) groups is 1. The van der Waals surface area contributed by atoms with E-state index in [9.17, 15) is 9.18 Å². The third-order valence-electron chi connectivity index (χ3n) is 3.85. The van der Waals surface area contributed by atoms with Crippen LogP contribution in [-0.2, 0) is 4.79 Å². The monoisotopic (exact) mass is 327 g/mol. The predicted octanol–water partition coefficient (Wildman–Crippen LogP) is 3.49. The van der Waals surface area contributed by atoms with Gasteiger partial charge in [0.2, 0.25) is 12.7 Å². The molecule has 1 aliphatic rings. The van der Waals surface area contributed by atoms with E-state index in [-0.39, 0.29) is 24.4 Å². The highest BCUT2D eigenvalue weighted by Crippen LogP contribution is 2.32. The van der Waals surface area contributed by atoms with Crippen LogP contribution in [0.2, 0.25) is 0 Å². The van der Waals surface area contributed by atoms with Gasteiger partial charge in [-0.1, -0.05) is 25.1 Å². The summed E-state index contributed by atoms with van der Waals surface area (Å²) in [4.78, 5) is 11.9. The van der Waals surface area contributed by atoms with Gasteiger partial charge >= 0.3 is 0 Å². The van der Waals surface area contributed by atoms with E-state index in [2.05, 4.69) is 5.32 Å². The van der Waals surface area contributed by atoms with E-state index in [0.29, 0.717) is 18.0 Å². The topological polar surface area (TPSA) is 47.6 Å². The maximum Gasteiger partial charge on any atom is 0.244 e. The Bertz CT molecular complexity index is 756. The van der Waals surface area contributed by atoms with Crippen LogP contribution in [0.1, 0.15) is 24.0 Å². The number of rotatable bonds is 5. The van der Waals surface area contributed by atoms with Crippen LogP contribution in [0.3, 0.4) is 0 Å².